The number of aliphatic hydroxyl groups excluding tert-OH is 1. The molecule has 20 heavy (non-hydrogen) atoms. The van der Waals surface area contributed by atoms with Gasteiger partial charge in [0.25, 0.3) is 0 Å². The lowest BCUT2D eigenvalue weighted by atomic mass is 9.94. The highest BCUT2D eigenvalue weighted by atomic mass is 16.3. The van der Waals surface area contributed by atoms with E-state index in [1.165, 1.54) is 12.8 Å². The third-order valence-corrected chi connectivity index (χ3v) is 5.49. The van der Waals surface area contributed by atoms with Gasteiger partial charge in [-0.25, -0.2) is 0 Å². The van der Waals surface area contributed by atoms with Crippen LogP contribution in [0.4, 0.5) is 0 Å². The molecule has 3 fully saturated rings. The fraction of sp³-hybridized carbons (Fsp3) is 0.938. The highest BCUT2D eigenvalue weighted by Crippen LogP contribution is 2.35. The topological polar surface area (TPSA) is 43.8 Å². The first-order valence-electron chi connectivity index (χ1n) is 8.45. The minimum atomic E-state index is -0.134. The van der Waals surface area contributed by atoms with Crippen molar-refractivity contribution in [1.82, 2.24) is 9.80 Å². The second-order valence-electron chi connectivity index (χ2n) is 6.78. The molecular weight excluding hydrogens is 252 g/mol. The molecule has 1 aliphatic carbocycles. The summed E-state index contributed by atoms with van der Waals surface area (Å²) < 4.78 is 0. The Morgan fingerprint density at radius 1 is 0.950 bits per heavy atom. The van der Waals surface area contributed by atoms with Crippen LogP contribution >= 0.6 is 0 Å². The van der Waals surface area contributed by atoms with E-state index in [2.05, 4.69) is 4.90 Å². The van der Waals surface area contributed by atoms with E-state index in [9.17, 15) is 9.90 Å². The second-order valence-corrected chi connectivity index (χ2v) is 6.78. The second kappa shape index (κ2) is 6.44. The number of hydrogen-bond acceptors (Lipinski definition) is 3. The molecule has 0 aromatic carbocycles. The maximum absolute atomic E-state index is 12.4. The Balaban J connectivity index is 1.56. The molecule has 0 aromatic heterocycles. The molecule has 114 valence electrons. The van der Waals surface area contributed by atoms with Crippen LogP contribution in [-0.2, 0) is 4.79 Å². The fourth-order valence-electron chi connectivity index (χ4n) is 4.37. The summed E-state index contributed by atoms with van der Waals surface area (Å²) in [4.78, 5) is 16.8. The summed E-state index contributed by atoms with van der Waals surface area (Å²) in [5.74, 6) is 0.718. The molecule has 3 atom stereocenters. The van der Waals surface area contributed by atoms with Crippen molar-refractivity contribution in [3.05, 3.63) is 0 Å². The first kappa shape index (κ1) is 14.3. The van der Waals surface area contributed by atoms with Gasteiger partial charge in [0.1, 0.15) is 0 Å². The number of likely N-dealkylation sites (tertiary alicyclic amines) is 2. The molecule has 4 nitrogen and oxygen atoms in total. The molecule has 0 radical (unpaired) electrons. The standard InChI is InChI=1S/C16H28N2O2/c19-15-8-4-6-13(15)14-7-5-11-18(14)12-16(20)17-9-2-1-3-10-17/h13-15,19H,1-12H2. The maximum Gasteiger partial charge on any atom is 0.236 e. The van der Waals surface area contributed by atoms with E-state index in [1.54, 1.807) is 0 Å². The van der Waals surface area contributed by atoms with Gasteiger partial charge in [-0.3, -0.25) is 9.69 Å². The summed E-state index contributed by atoms with van der Waals surface area (Å²) in [6.45, 7) is 3.51. The van der Waals surface area contributed by atoms with Crippen molar-refractivity contribution in [1.29, 1.82) is 0 Å². The van der Waals surface area contributed by atoms with Crippen LogP contribution in [0.1, 0.15) is 51.4 Å². The van der Waals surface area contributed by atoms with Gasteiger partial charge < -0.3 is 10.0 Å². The van der Waals surface area contributed by atoms with E-state index in [1.807, 2.05) is 4.90 Å². The van der Waals surface area contributed by atoms with Gasteiger partial charge in [0.2, 0.25) is 5.91 Å². The molecular formula is C16H28N2O2. The number of nitrogens with zero attached hydrogens (tertiary/aromatic N) is 2. The van der Waals surface area contributed by atoms with Crippen LogP contribution in [0.15, 0.2) is 0 Å². The van der Waals surface area contributed by atoms with Gasteiger partial charge in [-0.1, -0.05) is 6.42 Å². The van der Waals surface area contributed by atoms with Crippen molar-refractivity contribution < 1.29 is 9.90 Å². The van der Waals surface area contributed by atoms with Crippen molar-refractivity contribution in [2.24, 2.45) is 5.92 Å². The van der Waals surface area contributed by atoms with E-state index in [-0.39, 0.29) is 6.10 Å². The van der Waals surface area contributed by atoms with Crippen LogP contribution in [-0.4, -0.2) is 59.1 Å². The Bertz CT molecular complexity index is 341. The van der Waals surface area contributed by atoms with Crippen LogP contribution in [0.3, 0.4) is 0 Å². The number of hydrogen-bond donors (Lipinski definition) is 1. The lowest BCUT2D eigenvalue weighted by Crippen LogP contribution is -2.46. The molecule has 0 aromatic rings. The van der Waals surface area contributed by atoms with E-state index < -0.39 is 0 Å². The molecule has 1 saturated carbocycles. The number of aliphatic hydroxyl groups is 1. The lowest BCUT2D eigenvalue weighted by Gasteiger charge is -2.33. The molecule has 0 bridgehead atoms. The average molecular weight is 280 g/mol. The fourth-order valence-corrected chi connectivity index (χ4v) is 4.37. The zero-order valence-corrected chi connectivity index (χ0v) is 12.5. The molecule has 3 rings (SSSR count). The van der Waals surface area contributed by atoms with E-state index in [0.29, 0.717) is 24.4 Å². The van der Waals surface area contributed by atoms with Crippen molar-refractivity contribution >= 4 is 5.91 Å². The van der Waals surface area contributed by atoms with Gasteiger partial charge in [0.05, 0.1) is 12.6 Å². The van der Waals surface area contributed by atoms with Gasteiger partial charge in [0, 0.05) is 25.0 Å². The van der Waals surface area contributed by atoms with Crippen LogP contribution in [0, 0.1) is 5.92 Å². The number of amides is 1. The third kappa shape index (κ3) is 3.01. The molecule has 3 unspecified atom stereocenters. The molecule has 4 heteroatoms. The molecule has 2 heterocycles. The summed E-state index contributed by atoms with van der Waals surface area (Å²) >= 11 is 0. The van der Waals surface area contributed by atoms with Crippen LogP contribution in [0.2, 0.25) is 0 Å². The van der Waals surface area contributed by atoms with Gasteiger partial charge in [-0.05, 0) is 51.5 Å². The molecule has 2 aliphatic heterocycles. The van der Waals surface area contributed by atoms with E-state index in [4.69, 9.17) is 0 Å². The Morgan fingerprint density at radius 3 is 2.45 bits per heavy atom. The summed E-state index contributed by atoms with van der Waals surface area (Å²) in [5, 5.41) is 10.1. The van der Waals surface area contributed by atoms with Crippen molar-refractivity contribution in [2.75, 3.05) is 26.2 Å². The van der Waals surface area contributed by atoms with Crippen molar-refractivity contribution in [2.45, 2.75) is 63.5 Å². The first-order valence-corrected chi connectivity index (χ1v) is 8.45. The molecule has 3 aliphatic rings. The smallest absolute Gasteiger partial charge is 0.236 e. The lowest BCUT2D eigenvalue weighted by molar-refractivity contribution is -0.134. The van der Waals surface area contributed by atoms with Crippen molar-refractivity contribution in [3.8, 4) is 0 Å². The molecule has 0 spiro atoms. The van der Waals surface area contributed by atoms with Gasteiger partial charge in [-0.15, -0.1) is 0 Å². The Morgan fingerprint density at radius 2 is 1.75 bits per heavy atom. The normalized spacial score (nSPS) is 35.6. The Kier molecular flexibility index (Phi) is 4.61. The number of carbonyl (C=O) groups is 1. The Labute approximate surface area is 122 Å². The molecule has 2 saturated heterocycles. The van der Waals surface area contributed by atoms with Gasteiger partial charge in [0.15, 0.2) is 0 Å². The average Bonchev–Trinajstić information content (AvgIpc) is 3.08. The highest BCUT2D eigenvalue weighted by Gasteiger charge is 2.39. The SMILES string of the molecule is O=C(CN1CCCC1C1CCCC1O)N1CCCCC1. The molecule has 1 amide bonds. The quantitative estimate of drug-likeness (QED) is 0.854. The zero-order valence-electron chi connectivity index (χ0n) is 12.5. The number of piperidine rings is 1. The summed E-state index contributed by atoms with van der Waals surface area (Å²) in [5.41, 5.74) is 0. The molecule has 1 N–H and O–H groups in total. The maximum atomic E-state index is 12.4. The third-order valence-electron chi connectivity index (χ3n) is 5.49. The highest BCUT2D eigenvalue weighted by molar-refractivity contribution is 5.78. The summed E-state index contributed by atoms with van der Waals surface area (Å²) in [7, 11) is 0. The van der Waals surface area contributed by atoms with Gasteiger partial charge >= 0.3 is 0 Å². The van der Waals surface area contributed by atoms with Gasteiger partial charge in [-0.2, -0.15) is 0 Å². The number of rotatable bonds is 3. The van der Waals surface area contributed by atoms with Crippen molar-refractivity contribution in [3.63, 3.8) is 0 Å². The van der Waals surface area contributed by atoms with E-state index >= 15 is 0 Å². The minimum Gasteiger partial charge on any atom is -0.393 e. The van der Waals surface area contributed by atoms with Crippen LogP contribution < -0.4 is 0 Å². The predicted octanol–water partition coefficient (Wildman–Crippen LogP) is 1.62. The Hall–Kier alpha value is -0.610. The predicted molar refractivity (Wildman–Crippen MR) is 78.4 cm³/mol. The minimum absolute atomic E-state index is 0.134. The monoisotopic (exact) mass is 280 g/mol. The largest absolute Gasteiger partial charge is 0.393 e. The zero-order chi connectivity index (χ0) is 13.9. The summed E-state index contributed by atoms with van der Waals surface area (Å²) in [6, 6.07) is 0.446. The van der Waals surface area contributed by atoms with E-state index in [0.717, 1.165) is 58.2 Å². The van der Waals surface area contributed by atoms with Crippen LogP contribution in [0.25, 0.3) is 0 Å². The first-order chi connectivity index (χ1) is 9.75. The number of carbonyl (C=O) groups excluding carboxylic acids is 1. The van der Waals surface area contributed by atoms with Crippen LogP contribution in [0.5, 0.6) is 0 Å². The summed E-state index contributed by atoms with van der Waals surface area (Å²) in [6.07, 6.45) is 9.05.